The predicted molar refractivity (Wildman–Crippen MR) is 58.6 cm³/mol. The fourth-order valence-corrected chi connectivity index (χ4v) is 1.34. The Bertz CT molecular complexity index is 277. The fourth-order valence-electron chi connectivity index (χ4n) is 1.34. The van der Waals surface area contributed by atoms with Crippen molar-refractivity contribution in [3.63, 3.8) is 0 Å². The second-order valence-electron chi connectivity index (χ2n) is 3.48. The molecule has 15 heavy (non-hydrogen) atoms. The summed E-state index contributed by atoms with van der Waals surface area (Å²) in [6.07, 6.45) is 1.66. The lowest BCUT2D eigenvalue weighted by Crippen LogP contribution is -2.45. The zero-order chi connectivity index (χ0) is 11.1. The maximum Gasteiger partial charge on any atom is 0.219 e. The molecule has 1 amide bonds. The van der Waals surface area contributed by atoms with Gasteiger partial charge in [0.15, 0.2) is 0 Å². The SMILES string of the molecule is CC(=O)N1CCNCC1.Cc1ccco1. The van der Waals surface area contributed by atoms with Gasteiger partial charge >= 0.3 is 0 Å². The highest BCUT2D eigenvalue weighted by Crippen LogP contribution is 1.93. The molecule has 0 radical (unpaired) electrons. The van der Waals surface area contributed by atoms with Gasteiger partial charge in [0.05, 0.1) is 6.26 Å². The van der Waals surface area contributed by atoms with Gasteiger partial charge in [0, 0.05) is 33.1 Å². The first-order valence-electron chi connectivity index (χ1n) is 5.16. The van der Waals surface area contributed by atoms with Crippen LogP contribution in [0, 0.1) is 6.92 Å². The molecule has 0 spiro atoms. The molecule has 0 saturated carbocycles. The van der Waals surface area contributed by atoms with E-state index in [4.69, 9.17) is 4.42 Å². The molecular weight excluding hydrogens is 192 g/mol. The van der Waals surface area contributed by atoms with Crippen molar-refractivity contribution >= 4 is 5.91 Å². The summed E-state index contributed by atoms with van der Waals surface area (Å²) in [5, 5.41) is 3.18. The van der Waals surface area contributed by atoms with Gasteiger partial charge in [0.1, 0.15) is 5.76 Å². The molecule has 0 unspecified atom stereocenters. The number of amides is 1. The van der Waals surface area contributed by atoms with E-state index in [9.17, 15) is 4.79 Å². The first-order chi connectivity index (χ1) is 7.20. The first-order valence-corrected chi connectivity index (χ1v) is 5.16. The van der Waals surface area contributed by atoms with Crippen LogP contribution in [0.3, 0.4) is 0 Å². The Balaban J connectivity index is 0.000000162. The van der Waals surface area contributed by atoms with E-state index < -0.39 is 0 Å². The number of hydrogen-bond acceptors (Lipinski definition) is 3. The van der Waals surface area contributed by atoms with E-state index in [1.54, 1.807) is 13.2 Å². The quantitative estimate of drug-likeness (QED) is 0.695. The molecule has 0 aliphatic carbocycles. The van der Waals surface area contributed by atoms with E-state index in [1.165, 1.54) is 0 Å². The lowest BCUT2D eigenvalue weighted by molar-refractivity contribution is -0.129. The molecule has 0 bridgehead atoms. The largest absolute Gasteiger partial charge is 0.470 e. The summed E-state index contributed by atoms with van der Waals surface area (Å²) in [7, 11) is 0. The van der Waals surface area contributed by atoms with Crippen molar-refractivity contribution in [2.45, 2.75) is 13.8 Å². The molecular formula is C11H18N2O2. The van der Waals surface area contributed by atoms with Crippen LogP contribution < -0.4 is 5.32 Å². The van der Waals surface area contributed by atoms with Crippen molar-refractivity contribution in [2.75, 3.05) is 26.2 Å². The van der Waals surface area contributed by atoms with Crippen LogP contribution in [0.2, 0.25) is 0 Å². The highest BCUT2D eigenvalue weighted by molar-refractivity contribution is 5.73. The van der Waals surface area contributed by atoms with Crippen LogP contribution in [0.25, 0.3) is 0 Å². The number of nitrogens with one attached hydrogen (secondary N) is 1. The second-order valence-corrected chi connectivity index (χ2v) is 3.48. The molecule has 84 valence electrons. The van der Waals surface area contributed by atoms with Crippen LogP contribution in [0.5, 0.6) is 0 Å². The number of rotatable bonds is 0. The summed E-state index contributed by atoms with van der Waals surface area (Å²) in [5.74, 6) is 1.16. The molecule has 1 N–H and O–H groups in total. The van der Waals surface area contributed by atoms with Crippen molar-refractivity contribution in [1.82, 2.24) is 10.2 Å². The minimum absolute atomic E-state index is 0.191. The summed E-state index contributed by atoms with van der Waals surface area (Å²) < 4.78 is 4.83. The Morgan fingerprint density at radius 1 is 1.47 bits per heavy atom. The van der Waals surface area contributed by atoms with Gasteiger partial charge in [0.2, 0.25) is 5.91 Å². The third kappa shape index (κ3) is 4.65. The number of aryl methyl sites for hydroxylation is 1. The minimum atomic E-state index is 0.191. The van der Waals surface area contributed by atoms with Gasteiger partial charge in [-0.25, -0.2) is 0 Å². The molecule has 1 aliphatic rings. The second kappa shape index (κ2) is 6.24. The van der Waals surface area contributed by atoms with Gasteiger partial charge in [-0.3, -0.25) is 4.79 Å². The number of nitrogens with zero attached hydrogens (tertiary/aromatic N) is 1. The molecule has 1 aliphatic heterocycles. The Hall–Kier alpha value is -1.29. The van der Waals surface area contributed by atoms with Crippen molar-refractivity contribution < 1.29 is 9.21 Å². The van der Waals surface area contributed by atoms with Crippen LogP contribution in [0.15, 0.2) is 22.8 Å². The molecule has 1 aromatic rings. The Morgan fingerprint density at radius 3 is 2.40 bits per heavy atom. The van der Waals surface area contributed by atoms with E-state index in [1.807, 2.05) is 24.0 Å². The standard InChI is InChI=1S/C6H12N2O.C5H6O/c1-6(9)8-4-2-7-3-5-8;1-5-3-2-4-6-5/h7H,2-5H2,1H3;2-4H,1H3. The summed E-state index contributed by atoms with van der Waals surface area (Å²) in [4.78, 5) is 12.6. The third-order valence-corrected chi connectivity index (χ3v) is 2.23. The third-order valence-electron chi connectivity index (χ3n) is 2.23. The molecule has 0 aromatic carbocycles. The smallest absolute Gasteiger partial charge is 0.219 e. The molecule has 2 rings (SSSR count). The maximum absolute atomic E-state index is 10.7. The Morgan fingerprint density at radius 2 is 2.13 bits per heavy atom. The van der Waals surface area contributed by atoms with E-state index in [0.29, 0.717) is 0 Å². The number of hydrogen-bond donors (Lipinski definition) is 1. The molecule has 1 saturated heterocycles. The van der Waals surface area contributed by atoms with Crippen molar-refractivity contribution in [1.29, 1.82) is 0 Å². The molecule has 4 nitrogen and oxygen atoms in total. The Labute approximate surface area is 90.3 Å². The zero-order valence-corrected chi connectivity index (χ0v) is 9.32. The van der Waals surface area contributed by atoms with E-state index in [-0.39, 0.29) is 5.91 Å². The average Bonchev–Trinajstić information content (AvgIpc) is 2.71. The van der Waals surface area contributed by atoms with Crippen molar-refractivity contribution in [3.8, 4) is 0 Å². The van der Waals surface area contributed by atoms with Gasteiger partial charge < -0.3 is 14.6 Å². The van der Waals surface area contributed by atoms with Gasteiger partial charge in [-0.05, 0) is 19.1 Å². The van der Waals surface area contributed by atoms with E-state index in [0.717, 1.165) is 31.9 Å². The highest BCUT2D eigenvalue weighted by Gasteiger charge is 2.10. The van der Waals surface area contributed by atoms with Gasteiger partial charge in [-0.2, -0.15) is 0 Å². The van der Waals surface area contributed by atoms with Crippen LogP contribution in [-0.2, 0) is 4.79 Å². The summed E-state index contributed by atoms with van der Waals surface area (Å²) in [6, 6.07) is 3.79. The summed E-state index contributed by atoms with van der Waals surface area (Å²) in [5.41, 5.74) is 0. The van der Waals surface area contributed by atoms with E-state index in [2.05, 4.69) is 5.32 Å². The van der Waals surface area contributed by atoms with Gasteiger partial charge in [-0.15, -0.1) is 0 Å². The lowest BCUT2D eigenvalue weighted by atomic mass is 10.4. The van der Waals surface area contributed by atoms with Gasteiger partial charge in [0.25, 0.3) is 0 Å². The monoisotopic (exact) mass is 210 g/mol. The number of carbonyl (C=O) groups is 1. The molecule has 2 heterocycles. The Kier molecular flexibility index (Phi) is 4.90. The zero-order valence-electron chi connectivity index (χ0n) is 9.32. The first kappa shape index (κ1) is 11.8. The minimum Gasteiger partial charge on any atom is -0.470 e. The number of furan rings is 1. The highest BCUT2D eigenvalue weighted by atomic mass is 16.3. The number of piperazine rings is 1. The molecule has 0 atom stereocenters. The van der Waals surface area contributed by atoms with Crippen LogP contribution in [-0.4, -0.2) is 37.0 Å². The summed E-state index contributed by atoms with van der Waals surface area (Å²) >= 11 is 0. The molecule has 1 aromatic heterocycles. The summed E-state index contributed by atoms with van der Waals surface area (Å²) in [6.45, 7) is 7.16. The van der Waals surface area contributed by atoms with Crippen LogP contribution in [0.4, 0.5) is 0 Å². The van der Waals surface area contributed by atoms with Crippen LogP contribution in [0.1, 0.15) is 12.7 Å². The predicted octanol–water partition coefficient (Wildman–Crippen LogP) is 1.03. The molecule has 4 heteroatoms. The fraction of sp³-hybridized carbons (Fsp3) is 0.545. The van der Waals surface area contributed by atoms with Gasteiger partial charge in [-0.1, -0.05) is 0 Å². The maximum atomic E-state index is 10.7. The lowest BCUT2D eigenvalue weighted by Gasteiger charge is -2.25. The van der Waals surface area contributed by atoms with Crippen molar-refractivity contribution in [2.24, 2.45) is 0 Å². The topological polar surface area (TPSA) is 45.5 Å². The van der Waals surface area contributed by atoms with Crippen molar-refractivity contribution in [3.05, 3.63) is 24.2 Å². The molecule has 1 fully saturated rings. The van der Waals surface area contributed by atoms with E-state index >= 15 is 0 Å². The average molecular weight is 210 g/mol. The normalized spacial score (nSPS) is 15.5. The number of carbonyl (C=O) groups excluding carboxylic acids is 1. The van der Waals surface area contributed by atoms with Crippen LogP contribution >= 0.6 is 0 Å².